The molecule has 1 N–H and O–H groups in total. The summed E-state index contributed by atoms with van der Waals surface area (Å²) in [6.45, 7) is -0.399. The summed E-state index contributed by atoms with van der Waals surface area (Å²) in [5, 5.41) is 7.95. The Hall–Kier alpha value is -2.61. The van der Waals surface area contributed by atoms with Gasteiger partial charge in [-0.25, -0.2) is 4.79 Å². The summed E-state index contributed by atoms with van der Waals surface area (Å²) in [5.41, 5.74) is 0.242. The fourth-order valence-electron chi connectivity index (χ4n) is 2.04. The highest BCUT2D eigenvalue weighted by Gasteiger charge is 2.94. The first-order valence-electron chi connectivity index (χ1n) is 9.44. The quantitative estimate of drug-likeness (QED) is 0.0768. The maximum Gasteiger partial charge on any atom is 0.508 e. The Kier molecular flexibility index (Phi) is 10.4. The maximum atomic E-state index is 13.7. The molecule has 0 fully saturated rings. The zero-order valence-electron chi connectivity index (χ0n) is 18.9. The minimum atomic E-state index is -8.63. The molecule has 0 saturated heterocycles. The number of allylic oxidation sites excluding steroid dienone is 1. The van der Waals surface area contributed by atoms with Crippen LogP contribution in [-0.2, 0) is 14.2 Å². The van der Waals surface area contributed by atoms with Crippen molar-refractivity contribution in [2.45, 2.75) is 54.3 Å². The summed E-state index contributed by atoms with van der Waals surface area (Å²) in [4.78, 5) is 11.1. The van der Waals surface area contributed by atoms with E-state index >= 15 is 0 Å². The first-order chi connectivity index (χ1) is 17.0. The Morgan fingerprint density at radius 2 is 0.923 bits per heavy atom. The third-order valence-corrected chi connectivity index (χ3v) is 4.52. The highest BCUT2D eigenvalue weighted by molar-refractivity contribution is 5.59. The van der Waals surface area contributed by atoms with Crippen LogP contribution in [0.2, 0.25) is 0 Å². The molecule has 21 heteroatoms. The van der Waals surface area contributed by atoms with Gasteiger partial charge in [0.2, 0.25) is 0 Å². The minimum Gasteiger partial charge on any atom is -0.490 e. The molecule has 0 aromatic rings. The molecular weight excluding hydrogens is 600 g/mol. The number of aliphatic hydroxyl groups excluding tert-OH is 1. The molecule has 0 spiro atoms. The molecule has 0 atom stereocenters. The van der Waals surface area contributed by atoms with Crippen molar-refractivity contribution in [2.75, 3.05) is 26.4 Å². The Morgan fingerprint density at radius 3 is 1.28 bits per heavy atom. The molecule has 0 unspecified atom stereocenters. The van der Waals surface area contributed by atoms with Crippen LogP contribution in [0.1, 0.15) is 6.92 Å². The molecule has 0 aromatic carbocycles. The number of alkyl halides is 16. The third kappa shape index (κ3) is 6.11. The number of carbonyl (C=O) groups is 1. The van der Waals surface area contributed by atoms with E-state index in [9.17, 15) is 75.0 Å². The summed E-state index contributed by atoms with van der Waals surface area (Å²) < 4.78 is 227. The second-order valence-corrected chi connectivity index (χ2v) is 7.45. The molecule has 0 rings (SSSR count). The third-order valence-electron chi connectivity index (χ3n) is 4.52. The van der Waals surface area contributed by atoms with Gasteiger partial charge in [0.1, 0.15) is 25.6 Å². The number of halogens is 16. The summed E-state index contributed by atoms with van der Waals surface area (Å²) in [6.07, 6.45) is -2.40. The van der Waals surface area contributed by atoms with Crippen molar-refractivity contribution < 1.29 is 94.4 Å². The van der Waals surface area contributed by atoms with Crippen LogP contribution in [0.15, 0.2) is 24.5 Å². The lowest BCUT2D eigenvalue weighted by Crippen LogP contribution is -2.75. The molecule has 0 bridgehead atoms. The van der Waals surface area contributed by atoms with Crippen molar-refractivity contribution in [3.8, 4) is 0 Å². The maximum absolute atomic E-state index is 13.7. The first-order valence-corrected chi connectivity index (χ1v) is 9.44. The number of ether oxygens (including phenoxy) is 3. The second-order valence-electron chi connectivity index (χ2n) is 7.45. The fraction of sp³-hybridized carbons (Fsp3) is 0.722. The van der Waals surface area contributed by atoms with Gasteiger partial charge in [0.05, 0.1) is 0 Å². The molecule has 5 nitrogen and oxygen atoms in total. The Balaban J connectivity index is 5.96. The predicted molar refractivity (Wildman–Crippen MR) is 93.9 cm³/mol. The Morgan fingerprint density at radius 1 is 0.590 bits per heavy atom. The number of rotatable bonds is 15. The first kappa shape index (κ1) is 36.4. The van der Waals surface area contributed by atoms with E-state index in [1.165, 1.54) is 6.92 Å². The van der Waals surface area contributed by atoms with Gasteiger partial charge in [-0.3, -0.25) is 0 Å². The highest BCUT2D eigenvalue weighted by Crippen LogP contribution is 2.63. The van der Waals surface area contributed by atoms with Crippen molar-refractivity contribution >= 4 is 6.16 Å². The lowest BCUT2D eigenvalue weighted by molar-refractivity contribution is -0.454. The van der Waals surface area contributed by atoms with Gasteiger partial charge in [0.15, 0.2) is 6.61 Å². The van der Waals surface area contributed by atoms with Gasteiger partial charge in [-0.05, 0) is 12.5 Å². The molecule has 0 radical (unpaired) electrons. The standard InChI is InChI=1S/C18H16F16O5/c1-8(2)9(3)37-4-5-38-10(36)39-7-12(21,22)14(25,26)16(29,30)18(33,34)17(31,32)15(27,28)13(23,24)11(19,20)6-35/h35H,1,3-7H2,2H3. The molecule has 0 aromatic heterocycles. The van der Waals surface area contributed by atoms with Gasteiger partial charge in [0, 0.05) is 0 Å². The van der Waals surface area contributed by atoms with Crippen LogP contribution in [0.3, 0.4) is 0 Å². The molecule has 230 valence electrons. The van der Waals surface area contributed by atoms with Crippen molar-refractivity contribution in [3.05, 3.63) is 24.5 Å². The topological polar surface area (TPSA) is 65.0 Å². The SMILES string of the molecule is C=C(C)C(=C)OCCOC(=O)OCC(F)(F)C(F)(F)C(F)(F)C(F)(F)C(F)(F)C(F)(F)C(F)(F)C(F)(F)CO. The molecule has 0 amide bonds. The van der Waals surface area contributed by atoms with Crippen LogP contribution in [0.25, 0.3) is 0 Å². The second kappa shape index (κ2) is 11.1. The van der Waals surface area contributed by atoms with Crippen LogP contribution in [-0.4, -0.2) is 85.1 Å². The van der Waals surface area contributed by atoms with E-state index in [-0.39, 0.29) is 11.3 Å². The summed E-state index contributed by atoms with van der Waals surface area (Å²) in [5.74, 6) is -63.5. The van der Waals surface area contributed by atoms with Gasteiger partial charge in [0.25, 0.3) is 0 Å². The molecule has 39 heavy (non-hydrogen) atoms. The van der Waals surface area contributed by atoms with E-state index in [1.807, 2.05) is 0 Å². The van der Waals surface area contributed by atoms with E-state index in [4.69, 9.17) is 9.84 Å². The van der Waals surface area contributed by atoms with Crippen molar-refractivity contribution in [3.63, 3.8) is 0 Å². The van der Waals surface area contributed by atoms with Crippen LogP contribution in [0.4, 0.5) is 75.0 Å². The smallest absolute Gasteiger partial charge is 0.490 e. The predicted octanol–water partition coefficient (Wildman–Crippen LogP) is 6.32. The van der Waals surface area contributed by atoms with E-state index < -0.39 is 80.0 Å². The highest BCUT2D eigenvalue weighted by atomic mass is 19.4. The van der Waals surface area contributed by atoms with Crippen LogP contribution >= 0.6 is 0 Å². The molecule has 0 saturated carbocycles. The number of aliphatic hydroxyl groups is 1. The average molecular weight is 616 g/mol. The minimum absolute atomic E-state index is 0.0958. The lowest BCUT2D eigenvalue weighted by Gasteiger charge is -2.43. The molecule has 0 aliphatic heterocycles. The van der Waals surface area contributed by atoms with E-state index in [1.54, 1.807) is 0 Å². The van der Waals surface area contributed by atoms with Gasteiger partial charge < -0.3 is 19.3 Å². The Labute approximate surface area is 207 Å². The molecule has 0 aliphatic rings. The van der Waals surface area contributed by atoms with Gasteiger partial charge in [-0.15, -0.1) is 0 Å². The average Bonchev–Trinajstić information content (AvgIpc) is 2.79. The van der Waals surface area contributed by atoms with Crippen molar-refractivity contribution in [1.82, 2.24) is 0 Å². The van der Waals surface area contributed by atoms with Crippen molar-refractivity contribution in [1.29, 1.82) is 0 Å². The zero-order chi connectivity index (χ0) is 31.7. The number of carbonyl (C=O) groups excluding carboxylic acids is 1. The largest absolute Gasteiger partial charge is 0.508 e. The van der Waals surface area contributed by atoms with Crippen LogP contribution in [0, 0.1) is 0 Å². The molecule has 0 aliphatic carbocycles. The van der Waals surface area contributed by atoms with E-state index in [2.05, 4.69) is 22.6 Å². The summed E-state index contributed by atoms with van der Waals surface area (Å²) in [6, 6.07) is 0. The number of hydrogen-bond donors (Lipinski definition) is 1. The lowest BCUT2D eigenvalue weighted by atomic mass is 9.88. The summed E-state index contributed by atoms with van der Waals surface area (Å²) >= 11 is 0. The van der Waals surface area contributed by atoms with Gasteiger partial charge in [-0.2, -0.15) is 70.2 Å². The fourth-order valence-corrected chi connectivity index (χ4v) is 2.04. The molecular formula is C18H16F16O5. The van der Waals surface area contributed by atoms with Crippen molar-refractivity contribution in [2.24, 2.45) is 0 Å². The Bertz CT molecular complexity index is 915. The number of hydrogen-bond acceptors (Lipinski definition) is 5. The van der Waals surface area contributed by atoms with E-state index in [0.717, 1.165) is 0 Å². The van der Waals surface area contributed by atoms with Gasteiger partial charge in [-0.1, -0.05) is 13.2 Å². The van der Waals surface area contributed by atoms with Gasteiger partial charge >= 0.3 is 53.5 Å². The van der Waals surface area contributed by atoms with E-state index in [0.29, 0.717) is 0 Å². The zero-order valence-corrected chi connectivity index (χ0v) is 18.9. The normalized spacial score (nSPS) is 14.6. The van der Waals surface area contributed by atoms with Crippen LogP contribution in [0.5, 0.6) is 0 Å². The molecule has 0 heterocycles. The monoisotopic (exact) mass is 616 g/mol. The van der Waals surface area contributed by atoms with Crippen LogP contribution < -0.4 is 0 Å². The summed E-state index contributed by atoms with van der Waals surface area (Å²) in [7, 11) is 0.